The van der Waals surface area contributed by atoms with Crippen LogP contribution in [0.5, 0.6) is 5.75 Å². The Morgan fingerprint density at radius 2 is 1.90 bits per heavy atom. The SMILES string of the molecule is CCn1c(Cc2cccc(OC)c2N)nc2c(N)nc(NC3CCC(N)CC3)nc21. The predicted octanol–water partition coefficient (Wildman–Crippen LogP) is 2.29. The third-order valence-corrected chi connectivity index (χ3v) is 5.85. The van der Waals surface area contributed by atoms with Crippen molar-refractivity contribution in [3.8, 4) is 5.75 Å². The number of para-hydroxylation sites is 1. The molecule has 2 aromatic heterocycles. The maximum atomic E-state index is 6.26. The smallest absolute Gasteiger partial charge is 0.226 e. The Balaban J connectivity index is 1.66. The van der Waals surface area contributed by atoms with Gasteiger partial charge in [-0.3, -0.25) is 0 Å². The van der Waals surface area contributed by atoms with Crippen LogP contribution in [0.15, 0.2) is 18.2 Å². The lowest BCUT2D eigenvalue weighted by atomic mass is 9.92. The average Bonchev–Trinajstić information content (AvgIpc) is 3.09. The zero-order valence-corrected chi connectivity index (χ0v) is 17.6. The Hall–Kier alpha value is -3.07. The second-order valence-electron chi connectivity index (χ2n) is 7.84. The number of hydrogen-bond acceptors (Lipinski definition) is 8. The van der Waals surface area contributed by atoms with E-state index in [-0.39, 0.29) is 0 Å². The first-order valence-electron chi connectivity index (χ1n) is 10.5. The number of benzene rings is 1. The van der Waals surface area contributed by atoms with Crippen LogP contribution >= 0.6 is 0 Å². The maximum absolute atomic E-state index is 6.26. The Morgan fingerprint density at radius 3 is 2.60 bits per heavy atom. The van der Waals surface area contributed by atoms with Crippen LogP contribution in [0.3, 0.4) is 0 Å². The molecule has 1 saturated carbocycles. The van der Waals surface area contributed by atoms with Crippen molar-refractivity contribution in [1.29, 1.82) is 0 Å². The highest BCUT2D eigenvalue weighted by Gasteiger charge is 2.21. The first kappa shape index (κ1) is 20.2. The molecule has 1 aliphatic rings. The number of nitrogens with zero attached hydrogens (tertiary/aromatic N) is 4. The molecular formula is C21H30N8O. The van der Waals surface area contributed by atoms with Crippen molar-refractivity contribution in [2.24, 2.45) is 5.73 Å². The predicted molar refractivity (Wildman–Crippen MR) is 119 cm³/mol. The van der Waals surface area contributed by atoms with Gasteiger partial charge in [-0.1, -0.05) is 12.1 Å². The molecule has 9 nitrogen and oxygen atoms in total. The molecule has 160 valence electrons. The molecule has 0 amide bonds. The first-order valence-corrected chi connectivity index (χ1v) is 10.5. The summed E-state index contributed by atoms with van der Waals surface area (Å²) in [6.07, 6.45) is 4.59. The van der Waals surface area contributed by atoms with Gasteiger partial charge in [0.15, 0.2) is 17.0 Å². The number of hydrogen-bond donors (Lipinski definition) is 4. The van der Waals surface area contributed by atoms with Gasteiger partial charge in [0.2, 0.25) is 5.95 Å². The third kappa shape index (κ3) is 3.85. The van der Waals surface area contributed by atoms with Crippen molar-refractivity contribution in [3.63, 3.8) is 0 Å². The molecule has 2 heterocycles. The number of nitrogens with one attached hydrogen (secondary N) is 1. The summed E-state index contributed by atoms with van der Waals surface area (Å²) in [6, 6.07) is 6.37. The highest BCUT2D eigenvalue weighted by atomic mass is 16.5. The molecule has 0 atom stereocenters. The molecule has 30 heavy (non-hydrogen) atoms. The number of imidazole rings is 1. The lowest BCUT2D eigenvalue weighted by molar-refractivity contribution is 0.410. The Labute approximate surface area is 176 Å². The topological polar surface area (TPSA) is 143 Å². The van der Waals surface area contributed by atoms with Crippen LogP contribution in [0.4, 0.5) is 17.5 Å². The summed E-state index contributed by atoms with van der Waals surface area (Å²) in [6.45, 7) is 2.78. The van der Waals surface area contributed by atoms with E-state index in [9.17, 15) is 0 Å². The van der Waals surface area contributed by atoms with Gasteiger partial charge in [0.1, 0.15) is 11.6 Å². The summed E-state index contributed by atoms with van der Waals surface area (Å²) in [4.78, 5) is 14.0. The van der Waals surface area contributed by atoms with Crippen LogP contribution in [-0.4, -0.2) is 38.7 Å². The number of fused-ring (bicyclic) bond motifs is 1. The second-order valence-corrected chi connectivity index (χ2v) is 7.84. The van der Waals surface area contributed by atoms with E-state index in [2.05, 4.69) is 21.8 Å². The Morgan fingerprint density at radius 1 is 1.13 bits per heavy atom. The van der Waals surface area contributed by atoms with Gasteiger partial charge in [0.25, 0.3) is 0 Å². The van der Waals surface area contributed by atoms with Crippen LogP contribution in [0, 0.1) is 0 Å². The van der Waals surface area contributed by atoms with E-state index in [1.807, 2.05) is 18.2 Å². The van der Waals surface area contributed by atoms with Crippen LogP contribution in [0.2, 0.25) is 0 Å². The molecule has 0 spiro atoms. The van der Waals surface area contributed by atoms with E-state index in [0.717, 1.165) is 42.7 Å². The number of rotatable bonds is 6. The largest absolute Gasteiger partial charge is 0.495 e. The normalized spacial score (nSPS) is 19.2. The van der Waals surface area contributed by atoms with Gasteiger partial charge in [-0.25, -0.2) is 4.98 Å². The third-order valence-electron chi connectivity index (χ3n) is 5.85. The molecular weight excluding hydrogens is 380 g/mol. The van der Waals surface area contributed by atoms with Crippen LogP contribution in [0.1, 0.15) is 44.0 Å². The maximum Gasteiger partial charge on any atom is 0.226 e. The van der Waals surface area contributed by atoms with E-state index in [1.54, 1.807) is 7.11 Å². The van der Waals surface area contributed by atoms with Crippen molar-refractivity contribution in [2.75, 3.05) is 23.9 Å². The van der Waals surface area contributed by atoms with Gasteiger partial charge in [0.05, 0.1) is 12.8 Å². The average molecular weight is 411 g/mol. The van der Waals surface area contributed by atoms with Gasteiger partial charge in [-0.15, -0.1) is 0 Å². The van der Waals surface area contributed by atoms with Crippen molar-refractivity contribution >= 4 is 28.6 Å². The number of methoxy groups -OCH3 is 1. The summed E-state index contributed by atoms with van der Waals surface area (Å²) in [7, 11) is 1.61. The molecule has 1 aromatic carbocycles. The molecule has 3 aromatic rings. The lowest BCUT2D eigenvalue weighted by Crippen LogP contribution is -2.33. The van der Waals surface area contributed by atoms with E-state index in [0.29, 0.717) is 53.8 Å². The van der Waals surface area contributed by atoms with E-state index in [4.69, 9.17) is 31.9 Å². The van der Waals surface area contributed by atoms with E-state index >= 15 is 0 Å². The highest BCUT2D eigenvalue weighted by Crippen LogP contribution is 2.29. The van der Waals surface area contributed by atoms with Gasteiger partial charge < -0.3 is 31.8 Å². The number of nitrogens with two attached hydrogens (primary N) is 3. The molecule has 7 N–H and O–H groups in total. The number of ether oxygens (including phenoxy) is 1. The summed E-state index contributed by atoms with van der Waals surface area (Å²) in [5.74, 6) is 2.42. The summed E-state index contributed by atoms with van der Waals surface area (Å²) >= 11 is 0. The minimum atomic E-state index is 0.296. The van der Waals surface area contributed by atoms with Crippen molar-refractivity contribution in [2.45, 2.75) is 57.7 Å². The fraction of sp³-hybridized carbons (Fsp3) is 0.476. The zero-order valence-electron chi connectivity index (χ0n) is 17.6. The molecule has 0 aliphatic heterocycles. The van der Waals surface area contributed by atoms with E-state index < -0.39 is 0 Å². The Kier molecular flexibility index (Phi) is 5.63. The number of nitrogen functional groups attached to an aromatic ring is 2. The van der Waals surface area contributed by atoms with Gasteiger partial charge in [-0.2, -0.15) is 9.97 Å². The van der Waals surface area contributed by atoms with Crippen molar-refractivity contribution in [3.05, 3.63) is 29.6 Å². The van der Waals surface area contributed by atoms with Crippen molar-refractivity contribution < 1.29 is 4.74 Å². The molecule has 0 unspecified atom stereocenters. The minimum Gasteiger partial charge on any atom is -0.495 e. The number of aryl methyl sites for hydroxylation is 1. The van der Waals surface area contributed by atoms with Gasteiger partial charge >= 0.3 is 0 Å². The molecule has 1 fully saturated rings. The Bertz CT molecular complexity index is 1040. The van der Waals surface area contributed by atoms with Gasteiger partial charge in [0, 0.05) is 25.0 Å². The number of anilines is 3. The van der Waals surface area contributed by atoms with Crippen molar-refractivity contribution in [1.82, 2.24) is 19.5 Å². The summed E-state index contributed by atoms with van der Waals surface area (Å²) < 4.78 is 7.41. The standard InChI is InChI=1S/C21H30N8O/c1-3-29-16(11-12-5-4-6-15(30-2)17(12)23)26-18-19(24)27-21(28-20(18)29)25-14-9-7-13(22)8-10-14/h4-6,13-14H,3,7-11,22-23H2,1-2H3,(H3,24,25,27,28). The summed E-state index contributed by atoms with van der Waals surface area (Å²) in [5.41, 5.74) is 21.4. The molecule has 0 saturated heterocycles. The molecule has 0 radical (unpaired) electrons. The minimum absolute atomic E-state index is 0.296. The quantitative estimate of drug-likeness (QED) is 0.453. The van der Waals surface area contributed by atoms with Crippen LogP contribution in [0.25, 0.3) is 11.2 Å². The zero-order chi connectivity index (χ0) is 21.3. The van der Waals surface area contributed by atoms with Crippen LogP contribution < -0.4 is 27.3 Å². The molecule has 1 aliphatic carbocycles. The molecule has 9 heteroatoms. The van der Waals surface area contributed by atoms with E-state index in [1.165, 1.54) is 0 Å². The first-order chi connectivity index (χ1) is 14.5. The lowest BCUT2D eigenvalue weighted by Gasteiger charge is -2.26. The second kappa shape index (κ2) is 8.35. The number of aromatic nitrogens is 4. The highest BCUT2D eigenvalue weighted by molar-refractivity contribution is 5.83. The summed E-state index contributed by atoms with van der Waals surface area (Å²) in [5, 5.41) is 3.43. The monoisotopic (exact) mass is 410 g/mol. The van der Waals surface area contributed by atoms with Gasteiger partial charge in [-0.05, 0) is 44.2 Å². The fourth-order valence-electron chi connectivity index (χ4n) is 4.14. The molecule has 4 rings (SSSR count). The molecule has 0 bridgehead atoms. The van der Waals surface area contributed by atoms with Crippen LogP contribution in [-0.2, 0) is 13.0 Å². The fourth-order valence-corrected chi connectivity index (χ4v) is 4.14.